The van der Waals surface area contributed by atoms with E-state index in [0.29, 0.717) is 0 Å². The molecule has 0 aliphatic carbocycles. The molecule has 0 bridgehead atoms. The van der Waals surface area contributed by atoms with Crippen LogP contribution in [0.15, 0.2) is 18.2 Å². The summed E-state index contributed by atoms with van der Waals surface area (Å²) >= 11 is 0. The van der Waals surface area contributed by atoms with Gasteiger partial charge in [-0.15, -0.1) is 0 Å². The van der Waals surface area contributed by atoms with Crippen molar-refractivity contribution in [3.8, 4) is 5.75 Å². The Hall–Kier alpha value is -1.26. The average Bonchev–Trinajstić information content (AvgIpc) is 2.43. The Bertz CT molecular complexity index is 463. The van der Waals surface area contributed by atoms with Crippen molar-refractivity contribution in [2.75, 3.05) is 25.6 Å². The number of ether oxygens (including phenoxy) is 3. The van der Waals surface area contributed by atoms with E-state index in [1.165, 1.54) is 0 Å². The fourth-order valence-electron chi connectivity index (χ4n) is 3.13. The molecule has 1 aromatic rings. The molecule has 1 atom stereocenters. The number of rotatable bonds is 2. The first-order valence-corrected chi connectivity index (χ1v) is 7.41. The molecule has 4 nitrogen and oxygen atoms in total. The second-order valence-corrected chi connectivity index (χ2v) is 5.92. The predicted molar refractivity (Wildman–Crippen MR) is 78.0 cm³/mol. The van der Waals surface area contributed by atoms with Crippen molar-refractivity contribution in [3.05, 3.63) is 23.8 Å². The quantitative estimate of drug-likeness (QED) is 0.844. The van der Waals surface area contributed by atoms with Crippen LogP contribution in [0.4, 0.5) is 5.69 Å². The minimum Gasteiger partial charge on any atom is -0.488 e. The number of hydrogen-bond acceptors (Lipinski definition) is 4. The minimum atomic E-state index is -0.0410. The Morgan fingerprint density at radius 3 is 2.80 bits per heavy atom. The lowest BCUT2D eigenvalue weighted by Gasteiger charge is -2.43. The van der Waals surface area contributed by atoms with Gasteiger partial charge in [0.05, 0.1) is 17.9 Å². The molecule has 2 heterocycles. The maximum Gasteiger partial charge on any atom is 0.142 e. The van der Waals surface area contributed by atoms with Gasteiger partial charge in [0.25, 0.3) is 0 Å². The minimum absolute atomic E-state index is 0.0410. The zero-order valence-corrected chi connectivity index (χ0v) is 12.1. The fraction of sp³-hybridized carbons (Fsp3) is 0.625. The molecule has 2 N–H and O–H groups in total. The Morgan fingerprint density at radius 2 is 2.05 bits per heavy atom. The van der Waals surface area contributed by atoms with Gasteiger partial charge in [0.15, 0.2) is 0 Å². The normalized spacial score (nSPS) is 25.6. The van der Waals surface area contributed by atoms with Crippen molar-refractivity contribution in [1.29, 1.82) is 0 Å². The van der Waals surface area contributed by atoms with Crippen molar-refractivity contribution in [1.82, 2.24) is 0 Å². The molecule has 2 fully saturated rings. The molecular weight excluding hydrogens is 254 g/mol. The molecule has 2 aliphatic rings. The van der Waals surface area contributed by atoms with Crippen molar-refractivity contribution in [3.63, 3.8) is 0 Å². The highest BCUT2D eigenvalue weighted by molar-refractivity contribution is 5.54. The molecule has 2 aliphatic heterocycles. The molecule has 3 rings (SSSR count). The zero-order chi connectivity index (χ0) is 14.0. The monoisotopic (exact) mass is 277 g/mol. The topological polar surface area (TPSA) is 53.7 Å². The van der Waals surface area contributed by atoms with Gasteiger partial charge in [-0.05, 0) is 37.5 Å². The van der Waals surface area contributed by atoms with Gasteiger partial charge in [-0.2, -0.15) is 0 Å². The number of nitrogens with two attached hydrogens (primary N) is 1. The summed E-state index contributed by atoms with van der Waals surface area (Å²) in [4.78, 5) is 0. The highest BCUT2D eigenvalue weighted by atomic mass is 16.5. The smallest absolute Gasteiger partial charge is 0.142 e. The van der Waals surface area contributed by atoms with Crippen molar-refractivity contribution < 1.29 is 14.2 Å². The van der Waals surface area contributed by atoms with E-state index in [-0.39, 0.29) is 11.7 Å². The van der Waals surface area contributed by atoms with E-state index < -0.39 is 0 Å². The highest BCUT2D eigenvalue weighted by Gasteiger charge is 2.39. The third-order valence-corrected chi connectivity index (χ3v) is 4.31. The number of aryl methyl sites for hydroxylation is 1. The van der Waals surface area contributed by atoms with Crippen LogP contribution in [0.3, 0.4) is 0 Å². The van der Waals surface area contributed by atoms with Gasteiger partial charge in [-0.3, -0.25) is 0 Å². The van der Waals surface area contributed by atoms with E-state index in [0.717, 1.165) is 62.5 Å². The first-order valence-electron chi connectivity index (χ1n) is 7.41. The molecule has 1 aromatic carbocycles. The van der Waals surface area contributed by atoms with E-state index in [1.807, 2.05) is 25.1 Å². The summed E-state index contributed by atoms with van der Waals surface area (Å²) in [7, 11) is 0. The summed E-state index contributed by atoms with van der Waals surface area (Å²) in [6, 6.07) is 5.96. The predicted octanol–water partition coefficient (Wildman–Crippen LogP) is 2.68. The van der Waals surface area contributed by atoms with Crippen LogP contribution in [0, 0.1) is 6.92 Å². The van der Waals surface area contributed by atoms with Gasteiger partial charge in [0, 0.05) is 26.1 Å². The number of anilines is 1. The van der Waals surface area contributed by atoms with Crippen LogP contribution in [0.1, 0.15) is 31.2 Å². The summed E-state index contributed by atoms with van der Waals surface area (Å²) in [6.07, 6.45) is 3.98. The molecule has 4 heteroatoms. The number of benzene rings is 1. The van der Waals surface area contributed by atoms with Crippen LogP contribution < -0.4 is 10.5 Å². The molecule has 0 radical (unpaired) electrons. The molecule has 0 saturated carbocycles. The lowest BCUT2D eigenvalue weighted by molar-refractivity contribution is -0.155. The van der Waals surface area contributed by atoms with Gasteiger partial charge in [-0.1, -0.05) is 6.07 Å². The summed E-state index contributed by atoms with van der Waals surface area (Å²) in [5.74, 6) is 0.796. The summed E-state index contributed by atoms with van der Waals surface area (Å²) < 4.78 is 17.6. The lowest BCUT2D eigenvalue weighted by atomic mass is 9.85. The molecular formula is C16H23NO3. The average molecular weight is 277 g/mol. The third-order valence-electron chi connectivity index (χ3n) is 4.31. The maximum absolute atomic E-state index is 6.12. The van der Waals surface area contributed by atoms with Crippen molar-refractivity contribution >= 4 is 5.69 Å². The van der Waals surface area contributed by atoms with Crippen LogP contribution in [-0.2, 0) is 9.47 Å². The van der Waals surface area contributed by atoms with Crippen molar-refractivity contribution in [2.45, 2.75) is 44.3 Å². The fourth-order valence-corrected chi connectivity index (χ4v) is 3.13. The number of nitrogen functional groups attached to an aromatic ring is 1. The SMILES string of the molecule is Cc1ccc(OC2CCOC3(CCOCC3)C2)c(N)c1. The summed E-state index contributed by atoms with van der Waals surface area (Å²) in [5.41, 5.74) is 7.87. The first-order chi connectivity index (χ1) is 9.67. The van der Waals surface area contributed by atoms with Gasteiger partial charge in [-0.25, -0.2) is 0 Å². The zero-order valence-electron chi connectivity index (χ0n) is 12.1. The molecule has 0 amide bonds. The van der Waals surface area contributed by atoms with E-state index in [9.17, 15) is 0 Å². The standard InChI is InChI=1S/C16H23NO3/c1-12-2-3-15(14(17)10-12)20-13-4-7-19-16(11-13)5-8-18-9-6-16/h2-3,10,13H,4-9,11,17H2,1H3. The Kier molecular flexibility index (Phi) is 3.85. The second-order valence-electron chi connectivity index (χ2n) is 5.92. The number of hydrogen-bond donors (Lipinski definition) is 1. The second kappa shape index (κ2) is 5.62. The largest absolute Gasteiger partial charge is 0.488 e. The van der Waals surface area contributed by atoms with Gasteiger partial charge in [0.2, 0.25) is 0 Å². The Labute approximate surface area is 120 Å². The lowest BCUT2D eigenvalue weighted by Crippen LogP contribution is -2.47. The van der Waals surface area contributed by atoms with Crippen LogP contribution in [-0.4, -0.2) is 31.5 Å². The van der Waals surface area contributed by atoms with E-state index in [2.05, 4.69) is 0 Å². The molecule has 0 aromatic heterocycles. The van der Waals surface area contributed by atoms with Crippen LogP contribution in [0.2, 0.25) is 0 Å². The highest BCUT2D eigenvalue weighted by Crippen LogP contribution is 2.36. The van der Waals surface area contributed by atoms with E-state index in [4.69, 9.17) is 19.9 Å². The molecule has 1 spiro atoms. The van der Waals surface area contributed by atoms with Gasteiger partial charge >= 0.3 is 0 Å². The first kappa shape index (κ1) is 13.7. The molecule has 110 valence electrons. The Balaban J connectivity index is 1.68. The third kappa shape index (κ3) is 2.91. The maximum atomic E-state index is 6.12. The summed E-state index contributed by atoms with van der Waals surface area (Å²) in [5, 5.41) is 0. The van der Waals surface area contributed by atoms with Crippen LogP contribution in [0.25, 0.3) is 0 Å². The van der Waals surface area contributed by atoms with E-state index >= 15 is 0 Å². The molecule has 1 unspecified atom stereocenters. The molecule has 2 saturated heterocycles. The van der Waals surface area contributed by atoms with Crippen LogP contribution >= 0.6 is 0 Å². The summed E-state index contributed by atoms with van der Waals surface area (Å²) in [6.45, 7) is 4.38. The molecule has 20 heavy (non-hydrogen) atoms. The van der Waals surface area contributed by atoms with Gasteiger partial charge < -0.3 is 19.9 Å². The van der Waals surface area contributed by atoms with Crippen LogP contribution in [0.5, 0.6) is 5.75 Å². The van der Waals surface area contributed by atoms with Gasteiger partial charge in [0.1, 0.15) is 11.9 Å². The Morgan fingerprint density at radius 1 is 1.25 bits per heavy atom. The van der Waals surface area contributed by atoms with Crippen molar-refractivity contribution in [2.24, 2.45) is 0 Å². The van der Waals surface area contributed by atoms with E-state index in [1.54, 1.807) is 0 Å².